The first-order chi connectivity index (χ1) is 19.8. The normalized spacial score (nSPS) is 11.1. The van der Waals surface area contributed by atoms with E-state index in [-0.39, 0.29) is 20.1 Å². The van der Waals surface area contributed by atoms with Crippen LogP contribution in [-0.2, 0) is 26.5 Å². The number of hydrogen-bond donors (Lipinski definition) is 0. The van der Waals surface area contributed by atoms with Crippen molar-refractivity contribution in [3.05, 3.63) is 127 Å². The number of rotatable bonds is 6. The van der Waals surface area contributed by atoms with Crippen molar-refractivity contribution in [2.75, 3.05) is 0 Å². The largest absolute Gasteiger partial charge is 0.455 e. The Kier molecular flexibility index (Phi) is 10.5. The Hall–Kier alpha value is -3.63. The molecule has 0 saturated carbocycles. The molecule has 1 radical (unpaired) electrons. The number of benzene rings is 3. The molecule has 6 rings (SSSR count). The average Bonchev–Trinajstić information content (AvgIpc) is 3.42. The Balaban J connectivity index is 0.000000189. The van der Waals surface area contributed by atoms with Gasteiger partial charge in [-0.05, 0) is 35.0 Å². The van der Waals surface area contributed by atoms with Crippen LogP contribution in [0, 0.1) is 18.1 Å². The topological polar surface area (TPSA) is 38.9 Å². The van der Waals surface area contributed by atoms with Gasteiger partial charge in [-0.25, -0.2) is 0 Å². The third-order valence-corrected chi connectivity index (χ3v) is 8.92. The summed E-state index contributed by atoms with van der Waals surface area (Å²) < 4.78 is 5.87. The maximum absolute atomic E-state index is 5.87. The van der Waals surface area contributed by atoms with Crippen LogP contribution < -0.4 is 5.19 Å². The van der Waals surface area contributed by atoms with Crippen molar-refractivity contribution in [1.29, 1.82) is 0 Å². The molecule has 3 heterocycles. The van der Waals surface area contributed by atoms with E-state index in [1.807, 2.05) is 78.9 Å². The minimum atomic E-state index is -1.34. The smallest absolute Gasteiger partial charge is 0.151 e. The van der Waals surface area contributed by atoms with E-state index in [4.69, 9.17) is 4.42 Å². The number of furan rings is 1. The van der Waals surface area contributed by atoms with Crippen LogP contribution in [-0.4, -0.2) is 18.0 Å². The minimum Gasteiger partial charge on any atom is -0.455 e. The molecule has 42 heavy (non-hydrogen) atoms. The van der Waals surface area contributed by atoms with Crippen LogP contribution in [0.5, 0.6) is 0 Å². The number of aromatic nitrogens is 2. The zero-order valence-electron chi connectivity index (χ0n) is 24.8. The van der Waals surface area contributed by atoms with Crippen LogP contribution in [0.3, 0.4) is 0 Å². The summed E-state index contributed by atoms with van der Waals surface area (Å²) in [5.74, 6) is 1.53. The molecule has 215 valence electrons. The van der Waals surface area contributed by atoms with Crippen LogP contribution in [0.2, 0.25) is 19.6 Å². The van der Waals surface area contributed by atoms with E-state index in [1.54, 1.807) is 6.20 Å². The molecule has 0 saturated heterocycles. The second-order valence-corrected chi connectivity index (χ2v) is 16.7. The maximum atomic E-state index is 5.87. The third-order valence-electron chi connectivity index (χ3n) is 6.86. The molecule has 3 aromatic carbocycles. The summed E-state index contributed by atoms with van der Waals surface area (Å²) in [7, 11) is -1.34. The number of pyridine rings is 2. The molecule has 0 fully saturated rings. The predicted molar refractivity (Wildman–Crippen MR) is 174 cm³/mol. The molecular formula is C37H36IrN2OSi-2. The molecule has 0 bridgehead atoms. The van der Waals surface area contributed by atoms with Gasteiger partial charge in [0, 0.05) is 37.3 Å². The molecule has 0 aliphatic heterocycles. The van der Waals surface area contributed by atoms with Gasteiger partial charge in [0.25, 0.3) is 0 Å². The molecule has 0 unspecified atom stereocenters. The van der Waals surface area contributed by atoms with Crippen LogP contribution >= 0.6 is 0 Å². The van der Waals surface area contributed by atoms with Crippen LogP contribution in [0.4, 0.5) is 0 Å². The Morgan fingerprint density at radius 1 is 0.738 bits per heavy atom. The van der Waals surface area contributed by atoms with Crippen molar-refractivity contribution in [2.45, 2.75) is 39.9 Å². The van der Waals surface area contributed by atoms with E-state index in [1.165, 1.54) is 10.8 Å². The van der Waals surface area contributed by atoms with Gasteiger partial charge in [-0.3, -0.25) is 0 Å². The van der Waals surface area contributed by atoms with Gasteiger partial charge in [0.2, 0.25) is 0 Å². The van der Waals surface area contributed by atoms with Crippen molar-refractivity contribution in [3.8, 4) is 33.8 Å². The van der Waals surface area contributed by atoms with Crippen LogP contribution in [0.25, 0.3) is 44.8 Å². The third kappa shape index (κ3) is 7.80. The maximum Gasteiger partial charge on any atom is 0.151 e. The SMILES string of the molecule is CC(C)Cc1cc(-c2[c-]cccc2)ncc1[Si](C)(C)C.[Ir].[c-]1ccccc1-c1cc2cc(-c3ccccc3)oc2cn1. The molecule has 0 spiro atoms. The van der Waals surface area contributed by atoms with Crippen molar-refractivity contribution < 1.29 is 24.5 Å². The molecule has 0 N–H and O–H groups in total. The van der Waals surface area contributed by atoms with Gasteiger partial charge in [0.05, 0.1) is 14.3 Å². The summed E-state index contributed by atoms with van der Waals surface area (Å²) in [4.78, 5) is 9.15. The van der Waals surface area contributed by atoms with Crippen LogP contribution in [0.1, 0.15) is 19.4 Å². The molecule has 5 heteroatoms. The fourth-order valence-electron chi connectivity index (χ4n) is 4.87. The Bertz CT molecular complexity index is 1670. The summed E-state index contributed by atoms with van der Waals surface area (Å²) in [5, 5.41) is 2.54. The van der Waals surface area contributed by atoms with Gasteiger partial charge >= 0.3 is 0 Å². The number of fused-ring (bicyclic) bond motifs is 1. The van der Waals surface area contributed by atoms with Crippen molar-refractivity contribution >= 4 is 24.2 Å². The summed E-state index contributed by atoms with van der Waals surface area (Å²) in [6, 6.07) is 38.8. The van der Waals surface area contributed by atoms with Gasteiger partial charge < -0.3 is 14.4 Å². The number of nitrogens with zero attached hydrogens (tertiary/aromatic N) is 2. The fraction of sp³-hybridized carbons (Fsp3) is 0.189. The fourth-order valence-corrected chi connectivity index (χ4v) is 6.46. The van der Waals surface area contributed by atoms with Crippen molar-refractivity contribution in [1.82, 2.24) is 9.97 Å². The predicted octanol–water partition coefficient (Wildman–Crippen LogP) is 9.25. The first-order valence-electron chi connectivity index (χ1n) is 14.2. The van der Waals surface area contributed by atoms with E-state index < -0.39 is 8.07 Å². The second-order valence-electron chi connectivity index (χ2n) is 11.7. The monoisotopic (exact) mass is 745 g/mol. The summed E-state index contributed by atoms with van der Waals surface area (Å²) in [5.41, 5.74) is 7.37. The summed E-state index contributed by atoms with van der Waals surface area (Å²) in [6.07, 6.45) is 5.01. The molecule has 0 aliphatic rings. The van der Waals surface area contributed by atoms with Crippen LogP contribution in [0.15, 0.2) is 114 Å². The summed E-state index contributed by atoms with van der Waals surface area (Å²) in [6.45, 7) is 11.7. The van der Waals surface area contributed by atoms with Gasteiger partial charge in [0.15, 0.2) is 5.58 Å². The van der Waals surface area contributed by atoms with E-state index in [9.17, 15) is 0 Å². The van der Waals surface area contributed by atoms with Gasteiger partial charge in [0.1, 0.15) is 5.76 Å². The molecular weight excluding hydrogens is 709 g/mol. The Morgan fingerprint density at radius 2 is 1.33 bits per heavy atom. The molecule has 3 aromatic heterocycles. The van der Waals surface area contributed by atoms with Gasteiger partial charge in [-0.1, -0.05) is 81.5 Å². The minimum absolute atomic E-state index is 0. The first-order valence-corrected chi connectivity index (χ1v) is 17.7. The van der Waals surface area contributed by atoms with E-state index in [0.29, 0.717) is 5.92 Å². The van der Waals surface area contributed by atoms with Gasteiger partial charge in [-0.2, -0.15) is 0 Å². The van der Waals surface area contributed by atoms with E-state index in [0.717, 1.165) is 51.2 Å². The molecule has 6 aromatic rings. The number of hydrogen-bond acceptors (Lipinski definition) is 3. The molecule has 0 aliphatic carbocycles. The second kappa shape index (κ2) is 14.0. The quantitative estimate of drug-likeness (QED) is 0.126. The first kappa shape index (κ1) is 31.3. The molecule has 0 amide bonds. The molecule has 3 nitrogen and oxygen atoms in total. The van der Waals surface area contributed by atoms with Crippen molar-refractivity contribution in [3.63, 3.8) is 0 Å². The van der Waals surface area contributed by atoms with E-state index in [2.05, 4.69) is 80.0 Å². The zero-order valence-corrected chi connectivity index (χ0v) is 28.2. The Morgan fingerprint density at radius 3 is 1.90 bits per heavy atom. The van der Waals surface area contributed by atoms with Crippen molar-refractivity contribution in [2.24, 2.45) is 5.92 Å². The average molecular weight is 745 g/mol. The van der Waals surface area contributed by atoms with E-state index >= 15 is 0 Å². The molecule has 0 atom stereocenters. The summed E-state index contributed by atoms with van der Waals surface area (Å²) >= 11 is 0. The standard InChI is InChI=1S/C19H12NO.C18H24NSi.Ir/c1-3-7-14(8-4-1)17-11-16-12-18(21-19(16)13-20-17)15-9-5-2-6-10-15;1-14(2)11-16-12-17(15-9-7-6-8-10-15)19-13-18(16)20(3,4)5;/h1-7,9-13H;6-9,12-14H,11H2,1-5H3;/q2*-1;. The zero-order chi connectivity index (χ0) is 28.8. The van der Waals surface area contributed by atoms with Gasteiger partial charge in [-0.15, -0.1) is 71.8 Å². The Labute approximate surface area is 264 Å².